The zero-order chi connectivity index (χ0) is 19.1. The summed E-state index contributed by atoms with van der Waals surface area (Å²) < 4.78 is 5.26. The average Bonchev–Trinajstić information content (AvgIpc) is 2.75. The number of carbonyl (C=O) groups is 1. The molecule has 1 saturated heterocycles. The van der Waals surface area contributed by atoms with Crippen LogP contribution in [0.3, 0.4) is 0 Å². The molecule has 5 nitrogen and oxygen atoms in total. The minimum Gasteiger partial charge on any atom is -0.497 e. The molecule has 0 spiro atoms. The lowest BCUT2D eigenvalue weighted by atomic mass is 10.0. The van der Waals surface area contributed by atoms with Gasteiger partial charge in [0.05, 0.1) is 24.8 Å². The van der Waals surface area contributed by atoms with Crippen LogP contribution in [0.2, 0.25) is 0 Å². The van der Waals surface area contributed by atoms with Gasteiger partial charge in [-0.3, -0.25) is 9.69 Å². The monoisotopic (exact) mass is 363 g/mol. The van der Waals surface area contributed by atoms with Crippen LogP contribution in [0.4, 0.5) is 0 Å². The van der Waals surface area contributed by atoms with E-state index in [0.717, 1.165) is 18.8 Å². The fourth-order valence-electron chi connectivity index (χ4n) is 3.50. The van der Waals surface area contributed by atoms with E-state index < -0.39 is 0 Å². The van der Waals surface area contributed by atoms with E-state index in [1.54, 1.807) is 31.4 Å². The molecule has 0 unspecified atom stereocenters. The first kappa shape index (κ1) is 18.9. The largest absolute Gasteiger partial charge is 0.497 e. The van der Waals surface area contributed by atoms with Crippen LogP contribution >= 0.6 is 0 Å². The van der Waals surface area contributed by atoms with Gasteiger partial charge in [-0.1, -0.05) is 18.6 Å². The summed E-state index contributed by atoms with van der Waals surface area (Å²) in [7, 11) is 1.66. The Balaban J connectivity index is 1.71. The number of methoxy groups -OCH3 is 1. The van der Waals surface area contributed by atoms with Crippen LogP contribution in [0.5, 0.6) is 5.75 Å². The molecule has 0 radical (unpaired) electrons. The predicted octanol–water partition coefficient (Wildman–Crippen LogP) is 3.52. The first-order chi connectivity index (χ1) is 13.2. The fourth-order valence-corrected chi connectivity index (χ4v) is 3.50. The topological polar surface area (TPSA) is 65.4 Å². The van der Waals surface area contributed by atoms with Crippen molar-refractivity contribution >= 4 is 5.91 Å². The Labute approximate surface area is 160 Å². The molecule has 0 saturated carbocycles. The van der Waals surface area contributed by atoms with Gasteiger partial charge < -0.3 is 10.1 Å². The van der Waals surface area contributed by atoms with Crippen LogP contribution in [0.25, 0.3) is 0 Å². The number of hydrogen-bond donors (Lipinski definition) is 1. The predicted molar refractivity (Wildman–Crippen MR) is 105 cm³/mol. The molecule has 140 valence electrons. The molecule has 1 aliphatic rings. The third kappa shape index (κ3) is 4.87. The summed E-state index contributed by atoms with van der Waals surface area (Å²) in [6, 6.07) is 17.0. The molecule has 5 heteroatoms. The van der Waals surface area contributed by atoms with Gasteiger partial charge in [-0.05, 0) is 67.9 Å². The molecule has 3 rings (SSSR count). The number of nitrogens with zero attached hydrogens (tertiary/aromatic N) is 2. The lowest BCUT2D eigenvalue weighted by Gasteiger charge is -2.35. The highest BCUT2D eigenvalue weighted by Gasteiger charge is 2.23. The van der Waals surface area contributed by atoms with Gasteiger partial charge in [0.25, 0.3) is 5.91 Å². The molecule has 0 aromatic heterocycles. The number of piperidine rings is 1. The van der Waals surface area contributed by atoms with E-state index in [4.69, 9.17) is 10.00 Å². The van der Waals surface area contributed by atoms with Crippen LogP contribution in [0.15, 0.2) is 48.5 Å². The highest BCUT2D eigenvalue weighted by Crippen LogP contribution is 2.26. The number of hydrogen-bond acceptors (Lipinski definition) is 4. The molecule has 1 heterocycles. The number of nitriles is 1. The number of likely N-dealkylation sites (tertiary alicyclic amines) is 1. The first-order valence-corrected chi connectivity index (χ1v) is 9.37. The summed E-state index contributed by atoms with van der Waals surface area (Å²) >= 11 is 0. The Hall–Kier alpha value is -2.84. The summed E-state index contributed by atoms with van der Waals surface area (Å²) in [5, 5.41) is 12.0. The number of carbonyl (C=O) groups excluding carboxylic acids is 1. The van der Waals surface area contributed by atoms with Crippen molar-refractivity contribution < 1.29 is 9.53 Å². The summed E-state index contributed by atoms with van der Waals surface area (Å²) in [6.07, 6.45) is 3.65. The standard InChI is InChI=1S/C22H25N3O2/c1-27-20-11-9-18(10-12-20)21(25-13-3-2-4-14-25)16-24-22(26)19-7-5-17(15-23)6-8-19/h5-12,21H,2-4,13-14,16H2,1H3,(H,24,26)/t21-/m1/s1. The second-order valence-electron chi connectivity index (χ2n) is 6.78. The van der Waals surface area contributed by atoms with Crippen LogP contribution in [-0.4, -0.2) is 37.6 Å². The van der Waals surface area contributed by atoms with Crippen molar-refractivity contribution in [1.82, 2.24) is 10.2 Å². The Bertz CT molecular complexity index is 788. The zero-order valence-corrected chi connectivity index (χ0v) is 15.6. The van der Waals surface area contributed by atoms with Gasteiger partial charge in [-0.2, -0.15) is 5.26 Å². The highest BCUT2D eigenvalue weighted by atomic mass is 16.5. The van der Waals surface area contributed by atoms with Gasteiger partial charge in [-0.25, -0.2) is 0 Å². The highest BCUT2D eigenvalue weighted by molar-refractivity contribution is 5.94. The Morgan fingerprint density at radius 3 is 2.37 bits per heavy atom. The maximum atomic E-state index is 12.5. The second-order valence-corrected chi connectivity index (χ2v) is 6.78. The Kier molecular flexibility index (Phi) is 6.45. The van der Waals surface area contributed by atoms with Gasteiger partial charge in [0.15, 0.2) is 0 Å². The SMILES string of the molecule is COc1ccc([C@@H](CNC(=O)c2ccc(C#N)cc2)N2CCCCC2)cc1. The van der Waals surface area contributed by atoms with Crippen molar-refractivity contribution in [2.45, 2.75) is 25.3 Å². The van der Waals surface area contributed by atoms with Gasteiger partial charge in [0.2, 0.25) is 0 Å². The Morgan fingerprint density at radius 2 is 1.78 bits per heavy atom. The third-order valence-electron chi connectivity index (χ3n) is 5.06. The van der Waals surface area contributed by atoms with E-state index in [1.807, 2.05) is 12.1 Å². The van der Waals surface area contributed by atoms with Crippen LogP contribution in [0, 0.1) is 11.3 Å². The fraction of sp³-hybridized carbons (Fsp3) is 0.364. The van der Waals surface area contributed by atoms with E-state index in [-0.39, 0.29) is 11.9 Å². The van der Waals surface area contributed by atoms with E-state index in [9.17, 15) is 4.79 Å². The molecule has 0 bridgehead atoms. The van der Waals surface area contributed by atoms with Crippen LogP contribution in [0.1, 0.15) is 46.8 Å². The van der Waals surface area contributed by atoms with Gasteiger partial charge >= 0.3 is 0 Å². The zero-order valence-electron chi connectivity index (χ0n) is 15.6. The molecule has 1 amide bonds. The molecule has 2 aromatic carbocycles. The summed E-state index contributed by atoms with van der Waals surface area (Å²) in [5.74, 6) is 0.716. The van der Waals surface area contributed by atoms with Gasteiger partial charge in [0.1, 0.15) is 5.75 Å². The second kappa shape index (κ2) is 9.20. The number of ether oxygens (including phenoxy) is 1. The first-order valence-electron chi connectivity index (χ1n) is 9.37. The molecule has 1 aliphatic heterocycles. The molecule has 1 atom stereocenters. The number of amides is 1. The minimum atomic E-state index is -0.116. The smallest absolute Gasteiger partial charge is 0.251 e. The third-order valence-corrected chi connectivity index (χ3v) is 5.06. The van der Waals surface area contributed by atoms with E-state index in [1.165, 1.54) is 24.8 Å². The Morgan fingerprint density at radius 1 is 1.11 bits per heavy atom. The number of benzene rings is 2. The number of nitrogens with one attached hydrogen (secondary N) is 1. The number of rotatable bonds is 6. The molecule has 1 N–H and O–H groups in total. The van der Waals surface area contributed by atoms with Crippen molar-refractivity contribution in [2.24, 2.45) is 0 Å². The molecular formula is C22H25N3O2. The maximum absolute atomic E-state index is 12.5. The van der Waals surface area contributed by atoms with Crippen molar-refractivity contribution in [1.29, 1.82) is 5.26 Å². The molecule has 2 aromatic rings. The molecular weight excluding hydrogens is 338 g/mol. The van der Waals surface area contributed by atoms with Gasteiger partial charge in [0, 0.05) is 12.1 Å². The van der Waals surface area contributed by atoms with Crippen molar-refractivity contribution in [3.8, 4) is 11.8 Å². The van der Waals surface area contributed by atoms with Crippen molar-refractivity contribution in [2.75, 3.05) is 26.7 Å². The summed E-state index contributed by atoms with van der Waals surface area (Å²) in [5.41, 5.74) is 2.30. The summed E-state index contributed by atoms with van der Waals surface area (Å²) in [4.78, 5) is 15.0. The minimum absolute atomic E-state index is 0.116. The van der Waals surface area contributed by atoms with Crippen molar-refractivity contribution in [3.63, 3.8) is 0 Å². The molecule has 1 fully saturated rings. The van der Waals surface area contributed by atoms with Crippen LogP contribution < -0.4 is 10.1 Å². The molecule has 27 heavy (non-hydrogen) atoms. The van der Waals surface area contributed by atoms with E-state index in [0.29, 0.717) is 17.7 Å². The quantitative estimate of drug-likeness (QED) is 0.853. The van der Waals surface area contributed by atoms with E-state index in [2.05, 4.69) is 28.4 Å². The van der Waals surface area contributed by atoms with Crippen LogP contribution in [-0.2, 0) is 0 Å². The molecule has 0 aliphatic carbocycles. The normalized spacial score (nSPS) is 15.6. The average molecular weight is 363 g/mol. The lowest BCUT2D eigenvalue weighted by Crippen LogP contribution is -2.40. The van der Waals surface area contributed by atoms with Crippen molar-refractivity contribution in [3.05, 3.63) is 65.2 Å². The van der Waals surface area contributed by atoms with E-state index >= 15 is 0 Å². The maximum Gasteiger partial charge on any atom is 0.251 e. The lowest BCUT2D eigenvalue weighted by molar-refractivity contribution is 0.0924. The summed E-state index contributed by atoms with van der Waals surface area (Å²) in [6.45, 7) is 2.64. The van der Waals surface area contributed by atoms with Gasteiger partial charge in [-0.15, -0.1) is 0 Å².